The predicted molar refractivity (Wildman–Crippen MR) is 74.8 cm³/mol. The SMILES string of the molecule is CC(C)N(CC(N)=O)c1ccc(C=CC(=O)O)cc1. The Kier molecular flexibility index (Phi) is 5.11. The van der Waals surface area contributed by atoms with Crippen molar-refractivity contribution < 1.29 is 14.7 Å². The van der Waals surface area contributed by atoms with Crippen LogP contribution in [0, 0.1) is 0 Å². The van der Waals surface area contributed by atoms with Gasteiger partial charge in [0.2, 0.25) is 5.91 Å². The molecule has 0 radical (unpaired) electrons. The number of benzene rings is 1. The highest BCUT2D eigenvalue weighted by molar-refractivity contribution is 5.85. The van der Waals surface area contributed by atoms with Gasteiger partial charge < -0.3 is 15.7 Å². The van der Waals surface area contributed by atoms with Gasteiger partial charge in [-0.25, -0.2) is 4.79 Å². The highest BCUT2D eigenvalue weighted by Crippen LogP contribution is 2.18. The van der Waals surface area contributed by atoms with Crippen molar-refractivity contribution in [3.63, 3.8) is 0 Å². The van der Waals surface area contributed by atoms with E-state index in [0.717, 1.165) is 17.3 Å². The van der Waals surface area contributed by atoms with Crippen LogP contribution in [0.4, 0.5) is 5.69 Å². The van der Waals surface area contributed by atoms with Gasteiger partial charge in [-0.2, -0.15) is 0 Å². The summed E-state index contributed by atoms with van der Waals surface area (Å²) in [6, 6.07) is 7.42. The monoisotopic (exact) mass is 262 g/mol. The van der Waals surface area contributed by atoms with Crippen molar-refractivity contribution in [1.82, 2.24) is 0 Å². The molecular formula is C14H18N2O3. The van der Waals surface area contributed by atoms with E-state index >= 15 is 0 Å². The summed E-state index contributed by atoms with van der Waals surface area (Å²) in [5.41, 5.74) is 6.88. The van der Waals surface area contributed by atoms with Crippen molar-refractivity contribution in [3.05, 3.63) is 35.9 Å². The normalized spacial score (nSPS) is 10.9. The number of carboxylic acid groups (broad SMARTS) is 1. The summed E-state index contributed by atoms with van der Waals surface area (Å²) in [7, 11) is 0. The third-order valence-corrected chi connectivity index (χ3v) is 2.59. The number of hydrogen-bond donors (Lipinski definition) is 2. The molecular weight excluding hydrogens is 244 g/mol. The quantitative estimate of drug-likeness (QED) is 0.761. The maximum atomic E-state index is 11.0. The maximum Gasteiger partial charge on any atom is 0.328 e. The van der Waals surface area contributed by atoms with E-state index in [1.807, 2.05) is 30.9 Å². The smallest absolute Gasteiger partial charge is 0.328 e. The fourth-order valence-electron chi connectivity index (χ4n) is 1.68. The Balaban J connectivity index is 2.89. The summed E-state index contributed by atoms with van der Waals surface area (Å²) < 4.78 is 0. The average Bonchev–Trinajstić information content (AvgIpc) is 2.33. The molecule has 0 aromatic heterocycles. The molecule has 5 heteroatoms. The first-order chi connectivity index (χ1) is 8.90. The van der Waals surface area contributed by atoms with Crippen LogP contribution in [0.2, 0.25) is 0 Å². The Morgan fingerprint density at radius 1 is 1.32 bits per heavy atom. The molecule has 1 aromatic carbocycles. The first kappa shape index (κ1) is 14.8. The molecule has 1 rings (SSSR count). The van der Waals surface area contributed by atoms with Crippen LogP contribution in [0.1, 0.15) is 19.4 Å². The van der Waals surface area contributed by atoms with E-state index < -0.39 is 5.97 Å². The molecule has 0 aliphatic carbocycles. The minimum absolute atomic E-state index is 0.146. The number of nitrogens with zero attached hydrogens (tertiary/aromatic N) is 1. The second-order valence-electron chi connectivity index (χ2n) is 4.45. The van der Waals surface area contributed by atoms with Crippen LogP contribution in [-0.4, -0.2) is 29.6 Å². The molecule has 0 heterocycles. The molecule has 0 aliphatic rings. The molecule has 0 atom stereocenters. The molecule has 0 spiro atoms. The van der Waals surface area contributed by atoms with Gasteiger partial charge in [0.25, 0.3) is 0 Å². The Bertz CT molecular complexity index is 478. The Morgan fingerprint density at radius 2 is 1.89 bits per heavy atom. The number of aliphatic carboxylic acids is 1. The lowest BCUT2D eigenvalue weighted by atomic mass is 10.1. The van der Waals surface area contributed by atoms with Crippen LogP contribution in [0.15, 0.2) is 30.3 Å². The molecule has 0 saturated carbocycles. The summed E-state index contributed by atoms with van der Waals surface area (Å²) in [6.45, 7) is 4.10. The number of amides is 1. The van der Waals surface area contributed by atoms with E-state index in [9.17, 15) is 9.59 Å². The Morgan fingerprint density at radius 3 is 2.32 bits per heavy atom. The molecule has 0 fully saturated rings. The molecule has 102 valence electrons. The van der Waals surface area contributed by atoms with E-state index in [4.69, 9.17) is 10.8 Å². The molecule has 0 aliphatic heterocycles. The first-order valence-corrected chi connectivity index (χ1v) is 5.96. The number of carbonyl (C=O) groups is 2. The maximum absolute atomic E-state index is 11.0. The summed E-state index contributed by atoms with van der Waals surface area (Å²) in [6.07, 6.45) is 2.60. The molecule has 0 saturated heterocycles. The van der Waals surface area contributed by atoms with Crippen LogP contribution >= 0.6 is 0 Å². The summed E-state index contributed by atoms with van der Waals surface area (Å²) in [5, 5.41) is 8.54. The molecule has 5 nitrogen and oxygen atoms in total. The lowest BCUT2D eigenvalue weighted by molar-refractivity contribution is -0.131. The number of anilines is 1. The number of carboxylic acids is 1. The van der Waals surface area contributed by atoms with Gasteiger partial charge in [0.05, 0.1) is 6.54 Å². The predicted octanol–water partition coefficient (Wildman–Crippen LogP) is 1.48. The highest BCUT2D eigenvalue weighted by Gasteiger charge is 2.12. The minimum Gasteiger partial charge on any atom is -0.478 e. The van der Waals surface area contributed by atoms with Crippen molar-refractivity contribution in [2.75, 3.05) is 11.4 Å². The van der Waals surface area contributed by atoms with Gasteiger partial charge in [0.15, 0.2) is 0 Å². The second kappa shape index (κ2) is 6.58. The van der Waals surface area contributed by atoms with Gasteiger partial charge in [-0.15, -0.1) is 0 Å². The van der Waals surface area contributed by atoms with Gasteiger partial charge in [0, 0.05) is 17.8 Å². The summed E-state index contributed by atoms with van der Waals surface area (Å²) in [4.78, 5) is 23.3. The fraction of sp³-hybridized carbons (Fsp3) is 0.286. The van der Waals surface area contributed by atoms with E-state index in [-0.39, 0.29) is 18.5 Å². The van der Waals surface area contributed by atoms with Crippen LogP contribution in [-0.2, 0) is 9.59 Å². The average molecular weight is 262 g/mol. The second-order valence-corrected chi connectivity index (χ2v) is 4.45. The number of hydrogen-bond acceptors (Lipinski definition) is 3. The van der Waals surface area contributed by atoms with Crippen molar-refractivity contribution in [1.29, 1.82) is 0 Å². The van der Waals surface area contributed by atoms with E-state index in [1.165, 1.54) is 6.08 Å². The van der Waals surface area contributed by atoms with Crippen LogP contribution in [0.25, 0.3) is 6.08 Å². The van der Waals surface area contributed by atoms with Gasteiger partial charge >= 0.3 is 5.97 Å². The summed E-state index contributed by atoms with van der Waals surface area (Å²) in [5.74, 6) is -1.37. The third-order valence-electron chi connectivity index (χ3n) is 2.59. The van der Waals surface area contributed by atoms with Gasteiger partial charge in [-0.05, 0) is 37.6 Å². The van der Waals surface area contributed by atoms with Crippen molar-refractivity contribution >= 4 is 23.6 Å². The van der Waals surface area contributed by atoms with E-state index in [2.05, 4.69) is 0 Å². The molecule has 1 aromatic rings. The lowest BCUT2D eigenvalue weighted by Gasteiger charge is -2.27. The largest absolute Gasteiger partial charge is 0.478 e. The van der Waals surface area contributed by atoms with E-state index in [0.29, 0.717) is 0 Å². The van der Waals surface area contributed by atoms with Crippen LogP contribution in [0.3, 0.4) is 0 Å². The molecule has 1 amide bonds. The topological polar surface area (TPSA) is 83.6 Å². The zero-order valence-electron chi connectivity index (χ0n) is 11.0. The Hall–Kier alpha value is -2.30. The van der Waals surface area contributed by atoms with Crippen LogP contribution < -0.4 is 10.6 Å². The number of carbonyl (C=O) groups excluding carboxylic acids is 1. The number of primary amides is 1. The third kappa shape index (κ3) is 4.83. The fourth-order valence-corrected chi connectivity index (χ4v) is 1.68. The molecule has 19 heavy (non-hydrogen) atoms. The minimum atomic E-state index is -0.985. The lowest BCUT2D eigenvalue weighted by Crippen LogP contribution is -2.38. The van der Waals surface area contributed by atoms with Gasteiger partial charge in [-0.3, -0.25) is 4.79 Å². The van der Waals surface area contributed by atoms with Crippen molar-refractivity contribution in [2.45, 2.75) is 19.9 Å². The van der Waals surface area contributed by atoms with Crippen molar-refractivity contribution in [2.24, 2.45) is 5.73 Å². The van der Waals surface area contributed by atoms with Crippen LogP contribution in [0.5, 0.6) is 0 Å². The number of rotatable bonds is 6. The van der Waals surface area contributed by atoms with Gasteiger partial charge in [-0.1, -0.05) is 12.1 Å². The first-order valence-electron chi connectivity index (χ1n) is 5.96. The number of nitrogens with two attached hydrogens (primary N) is 1. The van der Waals surface area contributed by atoms with E-state index in [1.54, 1.807) is 12.1 Å². The summed E-state index contributed by atoms with van der Waals surface area (Å²) >= 11 is 0. The molecule has 0 bridgehead atoms. The van der Waals surface area contributed by atoms with Gasteiger partial charge in [0.1, 0.15) is 0 Å². The van der Waals surface area contributed by atoms with Crippen molar-refractivity contribution in [3.8, 4) is 0 Å². The molecule has 3 N–H and O–H groups in total. The Labute approximate surface area is 112 Å². The zero-order valence-corrected chi connectivity index (χ0v) is 11.0. The molecule has 0 unspecified atom stereocenters. The standard InChI is InChI=1S/C14H18N2O3/c1-10(2)16(9-13(15)17)12-6-3-11(4-7-12)5-8-14(18)19/h3-8,10H,9H2,1-2H3,(H2,15,17)(H,18,19). The highest BCUT2D eigenvalue weighted by atomic mass is 16.4. The zero-order chi connectivity index (χ0) is 14.4.